The SMILES string of the molecule is CC(C)NCc1ccc(S(=O)(=O)N2CCC(N(C)C)C2)s1. The maximum atomic E-state index is 12.7. The molecule has 1 fully saturated rings. The van der Waals surface area contributed by atoms with E-state index in [2.05, 4.69) is 24.1 Å². The van der Waals surface area contributed by atoms with E-state index >= 15 is 0 Å². The number of sulfonamides is 1. The van der Waals surface area contributed by atoms with Gasteiger partial charge in [-0.15, -0.1) is 11.3 Å². The predicted octanol–water partition coefficient (Wildman–Crippen LogP) is 1.57. The van der Waals surface area contributed by atoms with Crippen LogP contribution in [-0.4, -0.2) is 56.9 Å². The van der Waals surface area contributed by atoms with Gasteiger partial charge in [-0.1, -0.05) is 13.8 Å². The van der Waals surface area contributed by atoms with E-state index in [0.29, 0.717) is 29.4 Å². The first kappa shape index (κ1) is 16.9. The van der Waals surface area contributed by atoms with Gasteiger partial charge in [0.05, 0.1) is 0 Å². The number of thiophene rings is 1. The van der Waals surface area contributed by atoms with Crippen molar-refractivity contribution >= 4 is 21.4 Å². The summed E-state index contributed by atoms with van der Waals surface area (Å²) in [4.78, 5) is 3.16. The van der Waals surface area contributed by atoms with E-state index in [1.165, 1.54) is 11.3 Å². The number of likely N-dealkylation sites (N-methyl/N-ethyl adjacent to an activating group) is 1. The van der Waals surface area contributed by atoms with Crippen molar-refractivity contribution < 1.29 is 8.42 Å². The highest BCUT2D eigenvalue weighted by Crippen LogP contribution is 2.28. The van der Waals surface area contributed by atoms with E-state index in [4.69, 9.17) is 0 Å². The predicted molar refractivity (Wildman–Crippen MR) is 87.1 cm³/mol. The summed E-state index contributed by atoms with van der Waals surface area (Å²) in [6.45, 7) is 6.08. The molecule has 0 amide bonds. The molecule has 1 aliphatic rings. The third kappa shape index (κ3) is 4.04. The molecule has 0 aliphatic carbocycles. The average Bonchev–Trinajstić information content (AvgIpc) is 3.06. The molecule has 1 aromatic rings. The van der Waals surface area contributed by atoms with Gasteiger partial charge in [0, 0.05) is 36.6 Å². The standard InChI is InChI=1S/C14H25N3O2S2/c1-11(2)15-9-13-5-6-14(20-13)21(18,19)17-8-7-12(10-17)16(3)4/h5-6,11-12,15H,7-10H2,1-4H3. The zero-order valence-electron chi connectivity index (χ0n) is 13.2. The molecule has 2 rings (SSSR count). The molecule has 1 N–H and O–H groups in total. The molecule has 1 atom stereocenters. The molecule has 0 aromatic carbocycles. The van der Waals surface area contributed by atoms with Gasteiger partial charge in [0.25, 0.3) is 10.0 Å². The fourth-order valence-electron chi connectivity index (χ4n) is 2.37. The van der Waals surface area contributed by atoms with Crippen LogP contribution in [0, 0.1) is 0 Å². The van der Waals surface area contributed by atoms with Gasteiger partial charge in [-0.25, -0.2) is 8.42 Å². The summed E-state index contributed by atoms with van der Waals surface area (Å²) < 4.78 is 27.4. The van der Waals surface area contributed by atoms with Gasteiger partial charge >= 0.3 is 0 Å². The maximum Gasteiger partial charge on any atom is 0.252 e. The minimum atomic E-state index is -3.33. The normalized spacial score (nSPS) is 20.8. The molecule has 1 aliphatic heterocycles. The fourth-order valence-corrected chi connectivity index (χ4v) is 5.33. The fraction of sp³-hybridized carbons (Fsp3) is 0.714. The number of nitrogens with zero attached hydrogens (tertiary/aromatic N) is 2. The first-order valence-electron chi connectivity index (χ1n) is 7.29. The lowest BCUT2D eigenvalue weighted by Gasteiger charge is -2.19. The van der Waals surface area contributed by atoms with E-state index < -0.39 is 10.0 Å². The lowest BCUT2D eigenvalue weighted by molar-refractivity contribution is 0.302. The Kier molecular flexibility index (Phi) is 5.43. The van der Waals surface area contributed by atoms with Crippen molar-refractivity contribution in [1.29, 1.82) is 0 Å². The zero-order valence-corrected chi connectivity index (χ0v) is 14.8. The van der Waals surface area contributed by atoms with Crippen LogP contribution in [0.5, 0.6) is 0 Å². The molecule has 5 nitrogen and oxygen atoms in total. The summed E-state index contributed by atoms with van der Waals surface area (Å²) in [5.74, 6) is 0. The van der Waals surface area contributed by atoms with Crippen molar-refractivity contribution in [2.45, 2.75) is 43.1 Å². The molecule has 21 heavy (non-hydrogen) atoms. The number of hydrogen-bond donors (Lipinski definition) is 1. The van der Waals surface area contributed by atoms with E-state index in [1.807, 2.05) is 20.2 Å². The Morgan fingerprint density at radius 1 is 1.43 bits per heavy atom. The van der Waals surface area contributed by atoms with Crippen LogP contribution >= 0.6 is 11.3 Å². The lowest BCUT2D eigenvalue weighted by atomic mass is 10.2. The van der Waals surface area contributed by atoms with Gasteiger partial charge in [0.15, 0.2) is 0 Å². The monoisotopic (exact) mass is 331 g/mol. The summed E-state index contributed by atoms with van der Waals surface area (Å²) in [7, 11) is 0.678. The van der Waals surface area contributed by atoms with Gasteiger partial charge in [0.1, 0.15) is 4.21 Å². The average molecular weight is 332 g/mol. The van der Waals surface area contributed by atoms with Crippen molar-refractivity contribution in [3.8, 4) is 0 Å². The number of rotatable bonds is 6. The van der Waals surface area contributed by atoms with Crippen LogP contribution in [-0.2, 0) is 16.6 Å². The second kappa shape index (κ2) is 6.75. The minimum absolute atomic E-state index is 0.321. The van der Waals surface area contributed by atoms with Crippen LogP contribution in [0.2, 0.25) is 0 Å². The second-order valence-corrected chi connectivity index (χ2v) is 9.36. The van der Waals surface area contributed by atoms with Crippen molar-refractivity contribution in [2.24, 2.45) is 0 Å². The summed E-state index contributed by atoms with van der Waals surface area (Å²) in [6.07, 6.45) is 0.902. The third-order valence-electron chi connectivity index (χ3n) is 3.77. The molecule has 120 valence electrons. The van der Waals surface area contributed by atoms with Gasteiger partial charge in [-0.2, -0.15) is 4.31 Å². The van der Waals surface area contributed by atoms with Gasteiger partial charge in [-0.3, -0.25) is 0 Å². The Hall–Kier alpha value is -0.470. The summed E-state index contributed by atoms with van der Waals surface area (Å²) in [6, 6.07) is 4.36. The molecule has 1 saturated heterocycles. The van der Waals surface area contributed by atoms with E-state index in [1.54, 1.807) is 10.4 Å². The molecule has 0 spiro atoms. The Balaban J connectivity index is 2.06. The van der Waals surface area contributed by atoms with Crippen LogP contribution in [0.4, 0.5) is 0 Å². The topological polar surface area (TPSA) is 52.7 Å². The maximum absolute atomic E-state index is 12.7. The third-order valence-corrected chi connectivity index (χ3v) is 7.19. The highest BCUT2D eigenvalue weighted by molar-refractivity contribution is 7.91. The van der Waals surface area contributed by atoms with Crippen LogP contribution < -0.4 is 5.32 Å². The zero-order chi connectivity index (χ0) is 15.6. The molecule has 1 aromatic heterocycles. The highest BCUT2D eigenvalue weighted by atomic mass is 32.2. The lowest BCUT2D eigenvalue weighted by Crippen LogP contribution is -2.34. The first-order valence-corrected chi connectivity index (χ1v) is 9.55. The minimum Gasteiger partial charge on any atom is -0.310 e. The van der Waals surface area contributed by atoms with Gasteiger partial charge in [-0.05, 0) is 32.6 Å². The smallest absolute Gasteiger partial charge is 0.252 e. The van der Waals surface area contributed by atoms with Crippen LogP contribution in [0.3, 0.4) is 0 Å². The molecule has 0 saturated carbocycles. The van der Waals surface area contributed by atoms with Crippen molar-refractivity contribution in [1.82, 2.24) is 14.5 Å². The van der Waals surface area contributed by atoms with Crippen molar-refractivity contribution in [3.63, 3.8) is 0 Å². The Morgan fingerprint density at radius 3 is 2.71 bits per heavy atom. The van der Waals surface area contributed by atoms with Crippen molar-refractivity contribution in [3.05, 3.63) is 17.0 Å². The van der Waals surface area contributed by atoms with Crippen molar-refractivity contribution in [2.75, 3.05) is 27.2 Å². The van der Waals surface area contributed by atoms with Crippen LogP contribution in [0.25, 0.3) is 0 Å². The van der Waals surface area contributed by atoms with Crippen LogP contribution in [0.15, 0.2) is 16.3 Å². The molecule has 7 heteroatoms. The molecule has 1 unspecified atom stereocenters. The molecule has 0 radical (unpaired) electrons. The second-order valence-electron chi connectivity index (χ2n) is 6.03. The summed E-state index contributed by atoms with van der Waals surface area (Å²) in [5.41, 5.74) is 0. The van der Waals surface area contributed by atoms with E-state index in [0.717, 1.165) is 17.8 Å². The van der Waals surface area contributed by atoms with Crippen LogP contribution in [0.1, 0.15) is 25.1 Å². The number of nitrogens with one attached hydrogen (secondary N) is 1. The summed E-state index contributed by atoms with van der Waals surface area (Å²) in [5, 5.41) is 3.31. The number of hydrogen-bond acceptors (Lipinski definition) is 5. The first-order chi connectivity index (χ1) is 9.80. The Morgan fingerprint density at radius 2 is 2.14 bits per heavy atom. The molecular weight excluding hydrogens is 306 g/mol. The van der Waals surface area contributed by atoms with Gasteiger partial charge in [0.2, 0.25) is 0 Å². The van der Waals surface area contributed by atoms with Gasteiger partial charge < -0.3 is 10.2 Å². The van der Waals surface area contributed by atoms with E-state index in [9.17, 15) is 8.42 Å². The Labute approximate surface area is 132 Å². The quantitative estimate of drug-likeness (QED) is 0.860. The summed E-state index contributed by atoms with van der Waals surface area (Å²) >= 11 is 1.37. The largest absolute Gasteiger partial charge is 0.310 e. The Bertz CT molecular complexity index is 567. The molecular formula is C14H25N3O2S2. The van der Waals surface area contributed by atoms with E-state index in [-0.39, 0.29) is 0 Å². The molecule has 0 bridgehead atoms. The molecule has 2 heterocycles. The highest BCUT2D eigenvalue weighted by Gasteiger charge is 2.34.